The number of fused-ring (bicyclic) bond motifs is 3. The normalized spacial score (nSPS) is 18.5. The minimum Gasteiger partial charge on any atom is -0.481 e. The maximum atomic E-state index is 12.5. The Bertz CT molecular complexity index is 1230. The van der Waals surface area contributed by atoms with Crippen molar-refractivity contribution in [1.82, 2.24) is 15.6 Å². The summed E-state index contributed by atoms with van der Waals surface area (Å²) in [5.41, 5.74) is 4.13. The molecule has 1 aliphatic carbocycles. The van der Waals surface area contributed by atoms with Crippen LogP contribution in [0.15, 0.2) is 53.2 Å². The third kappa shape index (κ3) is 4.58. The van der Waals surface area contributed by atoms with Crippen molar-refractivity contribution in [3.8, 4) is 11.1 Å². The first-order valence-corrected chi connectivity index (χ1v) is 11.1. The number of benzene rings is 2. The molecule has 1 saturated heterocycles. The Labute approximate surface area is 199 Å². The van der Waals surface area contributed by atoms with E-state index in [4.69, 9.17) is 14.6 Å². The first-order valence-electron chi connectivity index (χ1n) is 11.1. The highest BCUT2D eigenvalue weighted by atomic mass is 16.6. The van der Waals surface area contributed by atoms with Crippen molar-refractivity contribution in [2.24, 2.45) is 5.92 Å². The number of carbonyl (C=O) groups excluding carboxylic acids is 2. The summed E-state index contributed by atoms with van der Waals surface area (Å²) < 4.78 is 15.5. The minimum atomic E-state index is -0.936. The lowest BCUT2D eigenvalue weighted by Crippen LogP contribution is -2.33. The summed E-state index contributed by atoms with van der Waals surface area (Å²) in [6.07, 6.45) is -0.948. The molecule has 2 amide bonds. The smallest absolute Gasteiger partial charge is 0.412 e. The maximum Gasteiger partial charge on any atom is 0.412 e. The molecule has 35 heavy (non-hydrogen) atoms. The second-order valence-corrected chi connectivity index (χ2v) is 8.35. The van der Waals surface area contributed by atoms with Crippen molar-refractivity contribution < 1.29 is 33.6 Å². The Morgan fingerprint density at radius 3 is 2.37 bits per heavy atom. The van der Waals surface area contributed by atoms with Gasteiger partial charge in [0.05, 0.1) is 18.6 Å². The van der Waals surface area contributed by atoms with E-state index in [9.17, 15) is 14.4 Å². The highest BCUT2D eigenvalue weighted by molar-refractivity contribution is 5.99. The first kappa shape index (κ1) is 22.5. The molecule has 0 unspecified atom stereocenters. The zero-order valence-corrected chi connectivity index (χ0v) is 18.5. The molecule has 0 radical (unpaired) electrons. The Morgan fingerprint density at radius 2 is 1.71 bits per heavy atom. The summed E-state index contributed by atoms with van der Waals surface area (Å²) in [5.74, 6) is -2.49. The summed E-state index contributed by atoms with van der Waals surface area (Å²) >= 11 is 0. The van der Waals surface area contributed by atoms with Crippen LogP contribution in [0, 0.1) is 5.92 Å². The van der Waals surface area contributed by atoms with E-state index in [1.54, 1.807) is 0 Å². The summed E-state index contributed by atoms with van der Waals surface area (Å²) in [7, 11) is 0. The Kier molecular flexibility index (Phi) is 6.15. The molecule has 5 rings (SSSR count). The number of aromatic nitrogens is 2. The van der Waals surface area contributed by atoms with E-state index >= 15 is 0 Å². The molecule has 0 saturated carbocycles. The lowest BCUT2D eigenvalue weighted by atomic mass is 9.98. The van der Waals surface area contributed by atoms with E-state index in [2.05, 4.69) is 25.6 Å². The van der Waals surface area contributed by atoms with Crippen LogP contribution in [0.3, 0.4) is 0 Å². The average molecular weight is 478 g/mol. The second kappa shape index (κ2) is 9.55. The van der Waals surface area contributed by atoms with E-state index < -0.39 is 30.0 Å². The number of carboxylic acid groups (broad SMARTS) is 1. The number of hydrogen-bond acceptors (Lipinski definition) is 8. The molecule has 3 aromatic rings. The zero-order valence-electron chi connectivity index (χ0n) is 18.5. The molecule has 1 aromatic heterocycles. The van der Waals surface area contributed by atoms with Gasteiger partial charge in [0.25, 0.3) is 5.91 Å². The topological polar surface area (TPSA) is 153 Å². The van der Waals surface area contributed by atoms with Gasteiger partial charge >= 0.3 is 12.1 Å². The molecule has 0 bridgehead atoms. The van der Waals surface area contributed by atoms with Crippen LogP contribution in [0.25, 0.3) is 11.1 Å². The SMILES string of the molecule is O=C(Nc1nonc1C(=O)NC[C@@H]1C[C@H](C(=O)O)CO1)OCC1c2ccccc2-c2ccccc21. The predicted molar refractivity (Wildman–Crippen MR) is 121 cm³/mol. The van der Waals surface area contributed by atoms with E-state index in [-0.39, 0.29) is 43.6 Å². The van der Waals surface area contributed by atoms with E-state index in [1.807, 2.05) is 48.5 Å². The predicted octanol–water partition coefficient (Wildman–Crippen LogP) is 2.65. The number of carboxylic acids is 1. The van der Waals surface area contributed by atoms with Crippen LogP contribution in [-0.4, -0.2) is 59.3 Å². The van der Waals surface area contributed by atoms with Gasteiger partial charge < -0.3 is 19.9 Å². The fourth-order valence-corrected chi connectivity index (χ4v) is 4.46. The molecule has 11 nitrogen and oxygen atoms in total. The van der Waals surface area contributed by atoms with Crippen LogP contribution in [0.5, 0.6) is 0 Å². The number of nitrogens with one attached hydrogen (secondary N) is 2. The van der Waals surface area contributed by atoms with Crippen molar-refractivity contribution in [2.45, 2.75) is 18.4 Å². The molecule has 1 fully saturated rings. The Balaban J connectivity index is 1.17. The molecule has 2 heterocycles. The molecule has 0 spiro atoms. The molecular weight excluding hydrogens is 456 g/mol. The Hall–Kier alpha value is -4.25. The zero-order chi connectivity index (χ0) is 24.4. The third-order valence-corrected chi connectivity index (χ3v) is 6.19. The summed E-state index contributed by atoms with van der Waals surface area (Å²) in [6, 6.07) is 15.9. The molecule has 1 aliphatic heterocycles. The number of nitrogens with zero attached hydrogens (tertiary/aromatic N) is 2. The van der Waals surface area contributed by atoms with Gasteiger partial charge in [0, 0.05) is 12.5 Å². The van der Waals surface area contributed by atoms with E-state index in [0.717, 1.165) is 22.3 Å². The highest BCUT2D eigenvalue weighted by Gasteiger charge is 2.32. The molecule has 180 valence electrons. The van der Waals surface area contributed by atoms with Crippen LogP contribution in [0.2, 0.25) is 0 Å². The highest BCUT2D eigenvalue weighted by Crippen LogP contribution is 2.44. The first-order chi connectivity index (χ1) is 17.0. The largest absolute Gasteiger partial charge is 0.481 e. The van der Waals surface area contributed by atoms with Gasteiger partial charge in [-0.25, -0.2) is 9.42 Å². The van der Waals surface area contributed by atoms with Crippen molar-refractivity contribution in [1.29, 1.82) is 0 Å². The average Bonchev–Trinajstić information content (AvgIpc) is 3.59. The fraction of sp³-hybridized carbons (Fsp3) is 0.292. The van der Waals surface area contributed by atoms with Crippen molar-refractivity contribution >= 4 is 23.8 Å². The second-order valence-electron chi connectivity index (χ2n) is 8.35. The van der Waals surface area contributed by atoms with Crippen LogP contribution in [0.4, 0.5) is 10.6 Å². The number of hydrogen-bond donors (Lipinski definition) is 3. The van der Waals surface area contributed by atoms with Crippen LogP contribution < -0.4 is 10.6 Å². The molecular formula is C24H22N4O7. The number of rotatable bonds is 7. The van der Waals surface area contributed by atoms with Crippen LogP contribution in [0.1, 0.15) is 34.0 Å². The summed E-state index contributed by atoms with van der Waals surface area (Å²) in [5, 5.41) is 21.1. The molecule has 11 heteroatoms. The third-order valence-electron chi connectivity index (χ3n) is 6.19. The lowest BCUT2D eigenvalue weighted by Gasteiger charge is -2.14. The van der Waals surface area contributed by atoms with Gasteiger partial charge in [-0.3, -0.25) is 14.9 Å². The number of aliphatic carboxylic acids is 1. The van der Waals surface area contributed by atoms with Crippen molar-refractivity contribution in [3.63, 3.8) is 0 Å². The van der Waals surface area contributed by atoms with E-state index in [1.165, 1.54) is 0 Å². The number of amides is 2. The molecule has 2 aliphatic rings. The molecule has 3 N–H and O–H groups in total. The van der Waals surface area contributed by atoms with Gasteiger partial charge in [-0.1, -0.05) is 48.5 Å². The van der Waals surface area contributed by atoms with Crippen LogP contribution >= 0.6 is 0 Å². The lowest BCUT2D eigenvalue weighted by molar-refractivity contribution is -0.141. The number of anilines is 1. The molecule has 2 atom stereocenters. The van der Waals surface area contributed by atoms with Gasteiger partial charge in [0.15, 0.2) is 0 Å². The Morgan fingerprint density at radius 1 is 1.03 bits per heavy atom. The van der Waals surface area contributed by atoms with Crippen molar-refractivity contribution in [2.75, 3.05) is 25.1 Å². The quantitative estimate of drug-likeness (QED) is 0.465. The van der Waals surface area contributed by atoms with Gasteiger partial charge in [0.2, 0.25) is 11.5 Å². The van der Waals surface area contributed by atoms with Gasteiger partial charge in [-0.15, -0.1) is 0 Å². The van der Waals surface area contributed by atoms with Crippen molar-refractivity contribution in [3.05, 3.63) is 65.4 Å². The maximum absolute atomic E-state index is 12.5. The van der Waals surface area contributed by atoms with E-state index in [0.29, 0.717) is 0 Å². The number of ether oxygens (including phenoxy) is 2. The number of carbonyl (C=O) groups is 3. The van der Waals surface area contributed by atoms with Gasteiger partial charge in [0.1, 0.15) is 6.61 Å². The summed E-state index contributed by atoms with van der Waals surface area (Å²) in [6.45, 7) is 0.270. The molecule has 2 aromatic carbocycles. The van der Waals surface area contributed by atoms with Gasteiger partial charge in [-0.2, -0.15) is 0 Å². The monoisotopic (exact) mass is 478 g/mol. The van der Waals surface area contributed by atoms with Crippen LogP contribution in [-0.2, 0) is 14.3 Å². The minimum absolute atomic E-state index is 0.0832. The van der Waals surface area contributed by atoms with Gasteiger partial charge in [-0.05, 0) is 39.0 Å². The summed E-state index contributed by atoms with van der Waals surface area (Å²) in [4.78, 5) is 36.0. The fourth-order valence-electron chi connectivity index (χ4n) is 4.46. The standard InChI is InChI=1S/C24H22N4O7/c29-22(25-10-14-9-13(11-33-14)23(30)31)20-21(28-35-27-20)26-24(32)34-12-19-17-7-3-1-5-15(17)16-6-2-4-8-18(16)19/h1-8,13-14,19H,9-12H2,(H,25,29)(H,30,31)(H,26,28,32)/t13-,14-/m0/s1.